The largest absolute Gasteiger partial charge is 0.256 e. The van der Waals surface area contributed by atoms with Gasteiger partial charge in [0.25, 0.3) is 0 Å². The monoisotopic (exact) mass is 363 g/mol. The van der Waals surface area contributed by atoms with E-state index in [1.807, 2.05) is 42.6 Å². The Morgan fingerprint density at radius 1 is 0.769 bits per heavy atom. The summed E-state index contributed by atoms with van der Waals surface area (Å²) in [6.45, 7) is 0. The molecule has 1 heterocycles. The van der Waals surface area contributed by atoms with Gasteiger partial charge in [-0.15, -0.1) is 0 Å². The van der Waals surface area contributed by atoms with E-state index in [-0.39, 0.29) is 27.3 Å². The second-order valence-corrected chi connectivity index (χ2v) is 2.58. The van der Waals surface area contributed by atoms with Gasteiger partial charge in [0.1, 0.15) is 0 Å². The van der Waals surface area contributed by atoms with Crippen LogP contribution in [0.1, 0.15) is 0 Å². The summed E-state index contributed by atoms with van der Waals surface area (Å²) < 4.78 is 0. The van der Waals surface area contributed by atoms with Gasteiger partial charge in [-0.1, -0.05) is 36.4 Å². The molecule has 1 aromatic carbocycles. The van der Waals surface area contributed by atoms with Crippen LogP contribution in [0.5, 0.6) is 0 Å². The molecule has 4 radical (unpaired) electrons. The number of rotatable bonds is 1. The fourth-order valence-electron chi connectivity index (χ4n) is 1.14. The molecular weight excluding hydrogens is 353 g/mol. The van der Waals surface area contributed by atoms with E-state index in [1.165, 1.54) is 0 Å². The number of pyridine rings is 1. The van der Waals surface area contributed by atoms with E-state index >= 15 is 0 Å². The Kier molecular flexibility index (Phi) is 4.08. The molecule has 0 aliphatic rings. The molecule has 2 heteroatoms. The van der Waals surface area contributed by atoms with Gasteiger partial charge in [0.2, 0.25) is 0 Å². The van der Waals surface area contributed by atoms with Gasteiger partial charge in [0.15, 0.2) is 0 Å². The molecule has 0 bridgehead atoms. The molecule has 0 unspecified atom stereocenters. The molecule has 0 fully saturated rings. The second kappa shape index (κ2) is 5.12. The summed E-state index contributed by atoms with van der Waals surface area (Å²) in [5.74, 6) is 0. The van der Waals surface area contributed by atoms with Gasteiger partial charge in [0, 0.05) is 39.1 Å². The van der Waals surface area contributed by atoms with Crippen LogP contribution in [0.3, 0.4) is 0 Å². The zero-order valence-corrected chi connectivity index (χ0v) is 11.0. The Morgan fingerprint density at radius 2 is 1.46 bits per heavy atom. The molecule has 0 saturated heterocycles. The maximum atomic E-state index is 4.25. The molecule has 0 amide bonds. The molecule has 0 aliphatic heterocycles. The topological polar surface area (TPSA) is 12.9 Å². The van der Waals surface area contributed by atoms with E-state index in [9.17, 15) is 0 Å². The molecule has 1 nitrogen and oxygen atoms in total. The van der Waals surface area contributed by atoms with Crippen molar-refractivity contribution in [2.75, 3.05) is 0 Å². The molecule has 0 spiro atoms. The van der Waals surface area contributed by atoms with Gasteiger partial charge in [0.05, 0.1) is 5.69 Å². The Labute approximate surface area is 98.0 Å². The molecule has 2 aromatic rings. The van der Waals surface area contributed by atoms with Crippen LogP contribution in [-0.2, 0) is 0 Å². The average molecular weight is 362 g/mol. The molecule has 0 aliphatic carbocycles. The number of aromatic nitrogens is 1. The van der Waals surface area contributed by atoms with Crippen LogP contribution in [0.25, 0.3) is 11.3 Å². The van der Waals surface area contributed by atoms with Crippen molar-refractivity contribution in [2.45, 2.75) is 0 Å². The van der Waals surface area contributed by atoms with E-state index in [4.69, 9.17) is 0 Å². The van der Waals surface area contributed by atoms with E-state index in [2.05, 4.69) is 17.1 Å². The molecule has 13 heavy (non-hydrogen) atoms. The smallest absolute Gasteiger partial charge is 0.0701 e. The van der Waals surface area contributed by atoms with Gasteiger partial charge in [-0.2, -0.15) is 0 Å². The Bertz CT molecular complexity index is 307. The summed E-state index contributed by atoms with van der Waals surface area (Å²) in [6, 6.07) is 16.1. The van der Waals surface area contributed by atoms with Crippen LogP contribution < -0.4 is 0 Å². The minimum absolute atomic E-state index is 0. The van der Waals surface area contributed by atoms with Crippen molar-refractivity contribution >= 4 is 27.3 Å². The zero-order valence-electron chi connectivity index (χ0n) is 7.14. The van der Waals surface area contributed by atoms with Crippen LogP contribution >= 0.6 is 0 Å². The van der Waals surface area contributed by atoms with Crippen LogP contribution in [0.15, 0.2) is 54.7 Å². The van der Waals surface area contributed by atoms with Gasteiger partial charge in [-0.05, 0) is 12.1 Å². The van der Waals surface area contributed by atoms with E-state index in [1.54, 1.807) is 0 Å². The number of hydrogen-bond acceptors (Lipinski definition) is 1. The maximum Gasteiger partial charge on any atom is 0.0701 e. The minimum atomic E-state index is 0. The van der Waals surface area contributed by atoms with Gasteiger partial charge in [-0.3, -0.25) is 4.98 Å². The third-order valence-corrected chi connectivity index (χ3v) is 1.73. The van der Waals surface area contributed by atoms with E-state index in [0.717, 1.165) is 11.3 Å². The quantitative estimate of drug-likeness (QED) is 0.710. The van der Waals surface area contributed by atoms with Crippen molar-refractivity contribution in [3.8, 4) is 11.3 Å². The second-order valence-electron chi connectivity index (χ2n) is 2.58. The van der Waals surface area contributed by atoms with Crippen LogP contribution in [-0.4, -0.2) is 32.3 Å². The van der Waals surface area contributed by atoms with Crippen molar-refractivity contribution < 1.29 is 0 Å². The summed E-state index contributed by atoms with van der Waals surface area (Å²) in [7, 11) is 0. The first-order valence-corrected chi connectivity index (χ1v) is 3.93. The average Bonchev–Trinajstić information content (AvgIpc) is 2.21. The SMILES string of the molecule is [Pb].c1ccc(-c2ccccn2)cc1. The van der Waals surface area contributed by atoms with Crippen LogP contribution in [0.4, 0.5) is 0 Å². The molecular formula is C11H9NPb. The van der Waals surface area contributed by atoms with Crippen molar-refractivity contribution in [3.63, 3.8) is 0 Å². The summed E-state index contributed by atoms with van der Waals surface area (Å²) in [6.07, 6.45) is 1.81. The van der Waals surface area contributed by atoms with Crippen LogP contribution in [0.2, 0.25) is 0 Å². The maximum absolute atomic E-state index is 4.25. The van der Waals surface area contributed by atoms with Crippen LogP contribution in [0, 0.1) is 0 Å². The fraction of sp³-hybridized carbons (Fsp3) is 0. The third-order valence-electron chi connectivity index (χ3n) is 1.73. The minimum Gasteiger partial charge on any atom is -0.256 e. The number of nitrogens with zero attached hydrogens (tertiary/aromatic N) is 1. The number of benzene rings is 1. The number of hydrogen-bond donors (Lipinski definition) is 0. The van der Waals surface area contributed by atoms with Crippen molar-refractivity contribution in [1.29, 1.82) is 0 Å². The molecule has 62 valence electrons. The van der Waals surface area contributed by atoms with Gasteiger partial charge < -0.3 is 0 Å². The summed E-state index contributed by atoms with van der Waals surface area (Å²) in [5.41, 5.74) is 2.19. The summed E-state index contributed by atoms with van der Waals surface area (Å²) >= 11 is 0. The predicted molar refractivity (Wildman–Crippen MR) is 55.4 cm³/mol. The Balaban J connectivity index is 0.000000845. The molecule has 0 saturated carbocycles. The molecule has 2 rings (SSSR count). The van der Waals surface area contributed by atoms with Crippen molar-refractivity contribution in [3.05, 3.63) is 54.7 Å². The molecule has 0 N–H and O–H groups in total. The third kappa shape index (κ3) is 2.62. The fourth-order valence-corrected chi connectivity index (χ4v) is 1.14. The summed E-state index contributed by atoms with van der Waals surface area (Å²) in [5, 5.41) is 0. The zero-order chi connectivity index (χ0) is 8.23. The van der Waals surface area contributed by atoms with Crippen molar-refractivity contribution in [2.24, 2.45) is 0 Å². The van der Waals surface area contributed by atoms with E-state index < -0.39 is 0 Å². The Morgan fingerprint density at radius 3 is 2.08 bits per heavy atom. The molecule has 1 aromatic heterocycles. The Hall–Kier alpha value is -0.708. The van der Waals surface area contributed by atoms with Crippen molar-refractivity contribution in [1.82, 2.24) is 4.98 Å². The van der Waals surface area contributed by atoms with Gasteiger partial charge >= 0.3 is 0 Å². The predicted octanol–water partition coefficient (Wildman–Crippen LogP) is 2.37. The summed E-state index contributed by atoms with van der Waals surface area (Å²) in [4.78, 5) is 4.25. The first-order chi connectivity index (χ1) is 5.97. The normalized spacial score (nSPS) is 8.92. The molecule has 0 atom stereocenters. The van der Waals surface area contributed by atoms with Gasteiger partial charge in [-0.25, -0.2) is 0 Å². The first kappa shape index (κ1) is 10.4. The van der Waals surface area contributed by atoms with E-state index in [0.29, 0.717) is 0 Å². The standard InChI is InChI=1S/C11H9N.Pb/c1-2-6-10(7-3-1)11-8-4-5-9-12-11;/h1-9H;. The first-order valence-electron chi connectivity index (χ1n) is 3.93.